The fourth-order valence-electron chi connectivity index (χ4n) is 2.41. The van der Waals surface area contributed by atoms with Crippen molar-refractivity contribution in [2.75, 3.05) is 0 Å². The molecule has 0 aliphatic carbocycles. The molecule has 2 N–H and O–H groups in total. The molecular formula is C21H13BrCl2N2O4. The summed E-state index contributed by atoms with van der Waals surface area (Å²) in [5, 5.41) is 14.2. The van der Waals surface area contributed by atoms with Gasteiger partial charge in [0.2, 0.25) is 0 Å². The maximum Gasteiger partial charge on any atom is 0.345 e. The fraction of sp³-hybridized carbons (Fsp3) is 0. The zero-order valence-corrected chi connectivity index (χ0v) is 18.2. The topological polar surface area (TPSA) is 88.0 Å². The van der Waals surface area contributed by atoms with Gasteiger partial charge in [0.05, 0.1) is 22.4 Å². The lowest BCUT2D eigenvalue weighted by molar-refractivity contribution is 0.0734. The van der Waals surface area contributed by atoms with Crippen molar-refractivity contribution in [2.24, 2.45) is 5.10 Å². The standard InChI is InChI=1S/C21H13BrCl2N2O4/c22-13-5-8-19(30-21(29)15-3-1-2-4-17(15)24)12(9-13)11-25-26-20(28)16-10-14(23)6-7-18(16)27/h1-11,27H,(H,26,28)/b25-11+. The van der Waals surface area contributed by atoms with Gasteiger partial charge in [-0.15, -0.1) is 0 Å². The van der Waals surface area contributed by atoms with E-state index < -0.39 is 11.9 Å². The predicted molar refractivity (Wildman–Crippen MR) is 119 cm³/mol. The van der Waals surface area contributed by atoms with Crippen LogP contribution in [0, 0.1) is 0 Å². The number of nitrogens with zero attached hydrogens (tertiary/aromatic N) is 1. The largest absolute Gasteiger partial charge is 0.507 e. The summed E-state index contributed by atoms with van der Waals surface area (Å²) in [6, 6.07) is 15.5. The van der Waals surface area contributed by atoms with E-state index in [1.165, 1.54) is 24.4 Å². The monoisotopic (exact) mass is 506 g/mol. The lowest BCUT2D eigenvalue weighted by Crippen LogP contribution is -2.18. The number of aromatic hydroxyl groups is 1. The molecule has 152 valence electrons. The minimum absolute atomic E-state index is 0.0285. The molecule has 0 saturated carbocycles. The molecule has 3 aromatic carbocycles. The molecule has 0 radical (unpaired) electrons. The van der Waals surface area contributed by atoms with Gasteiger partial charge in [0.25, 0.3) is 5.91 Å². The van der Waals surface area contributed by atoms with Gasteiger partial charge < -0.3 is 9.84 Å². The molecule has 0 heterocycles. The van der Waals surface area contributed by atoms with Gasteiger partial charge in [0.15, 0.2) is 0 Å². The molecule has 0 aromatic heterocycles. The molecule has 0 saturated heterocycles. The van der Waals surface area contributed by atoms with E-state index in [2.05, 4.69) is 26.5 Å². The Morgan fingerprint density at radius 3 is 2.57 bits per heavy atom. The smallest absolute Gasteiger partial charge is 0.345 e. The molecule has 30 heavy (non-hydrogen) atoms. The van der Waals surface area contributed by atoms with Crippen LogP contribution in [0.3, 0.4) is 0 Å². The zero-order chi connectivity index (χ0) is 21.7. The number of carbonyl (C=O) groups is 2. The van der Waals surface area contributed by atoms with Gasteiger partial charge in [-0.2, -0.15) is 5.10 Å². The Bertz CT molecular complexity index is 1150. The number of hydrogen-bond donors (Lipinski definition) is 2. The van der Waals surface area contributed by atoms with Crippen LogP contribution < -0.4 is 10.2 Å². The molecular weight excluding hydrogens is 495 g/mol. The van der Waals surface area contributed by atoms with Gasteiger partial charge in [-0.05, 0) is 48.5 Å². The fourth-order valence-corrected chi connectivity index (χ4v) is 3.17. The summed E-state index contributed by atoms with van der Waals surface area (Å²) in [7, 11) is 0. The van der Waals surface area contributed by atoms with Crippen LogP contribution in [0.5, 0.6) is 11.5 Å². The molecule has 0 unspecified atom stereocenters. The number of carbonyl (C=O) groups excluding carboxylic acids is 2. The van der Waals surface area contributed by atoms with Crippen molar-refractivity contribution in [3.8, 4) is 11.5 Å². The van der Waals surface area contributed by atoms with E-state index in [0.29, 0.717) is 15.1 Å². The summed E-state index contributed by atoms with van der Waals surface area (Å²) in [4.78, 5) is 24.6. The van der Waals surface area contributed by atoms with E-state index in [4.69, 9.17) is 27.9 Å². The average molecular weight is 508 g/mol. The Balaban J connectivity index is 1.78. The third kappa shape index (κ3) is 5.38. The van der Waals surface area contributed by atoms with Crippen LogP contribution in [-0.2, 0) is 0 Å². The summed E-state index contributed by atoms with van der Waals surface area (Å²) in [6.07, 6.45) is 1.31. The third-order valence-electron chi connectivity index (χ3n) is 3.84. The van der Waals surface area contributed by atoms with Crippen molar-refractivity contribution in [1.82, 2.24) is 5.43 Å². The molecule has 0 spiro atoms. The minimum atomic E-state index is -0.657. The quantitative estimate of drug-likeness (QED) is 0.208. The molecule has 1 amide bonds. The highest BCUT2D eigenvalue weighted by atomic mass is 79.9. The van der Waals surface area contributed by atoms with Crippen LogP contribution in [0.1, 0.15) is 26.3 Å². The molecule has 0 aliphatic heterocycles. The Kier molecular flexibility index (Phi) is 7.10. The second-order valence-electron chi connectivity index (χ2n) is 5.91. The number of hydrazone groups is 1. The van der Waals surface area contributed by atoms with Gasteiger partial charge >= 0.3 is 5.97 Å². The number of rotatable bonds is 5. The third-order valence-corrected chi connectivity index (χ3v) is 4.90. The highest BCUT2D eigenvalue weighted by Crippen LogP contribution is 2.25. The van der Waals surface area contributed by atoms with Crippen LogP contribution in [0.4, 0.5) is 0 Å². The number of amides is 1. The Labute approximate surface area is 190 Å². The van der Waals surface area contributed by atoms with E-state index in [9.17, 15) is 14.7 Å². The van der Waals surface area contributed by atoms with Gasteiger partial charge in [0.1, 0.15) is 11.5 Å². The highest BCUT2D eigenvalue weighted by Gasteiger charge is 2.15. The van der Waals surface area contributed by atoms with Crippen molar-refractivity contribution in [2.45, 2.75) is 0 Å². The second kappa shape index (κ2) is 9.75. The molecule has 3 rings (SSSR count). The van der Waals surface area contributed by atoms with Crippen molar-refractivity contribution in [3.05, 3.63) is 91.9 Å². The minimum Gasteiger partial charge on any atom is -0.507 e. The molecule has 0 fully saturated rings. The van der Waals surface area contributed by atoms with Crippen molar-refractivity contribution < 1.29 is 19.4 Å². The highest BCUT2D eigenvalue weighted by molar-refractivity contribution is 9.10. The number of halogens is 3. The lowest BCUT2D eigenvalue weighted by Gasteiger charge is -2.09. The predicted octanol–water partition coefficient (Wildman–Crippen LogP) is 5.44. The lowest BCUT2D eigenvalue weighted by atomic mass is 10.2. The number of esters is 1. The SMILES string of the molecule is O=C(N/N=C/c1cc(Br)ccc1OC(=O)c1ccccc1Cl)c1cc(Cl)ccc1O. The summed E-state index contributed by atoms with van der Waals surface area (Å²) >= 11 is 15.2. The zero-order valence-electron chi connectivity index (χ0n) is 15.1. The van der Waals surface area contributed by atoms with Crippen LogP contribution in [0.2, 0.25) is 10.0 Å². The number of ether oxygens (including phenoxy) is 1. The van der Waals surface area contributed by atoms with Gasteiger partial charge in [0, 0.05) is 15.1 Å². The second-order valence-corrected chi connectivity index (χ2v) is 7.67. The van der Waals surface area contributed by atoms with Crippen LogP contribution in [0.15, 0.2) is 70.2 Å². The summed E-state index contributed by atoms with van der Waals surface area (Å²) in [5.41, 5.74) is 2.90. The molecule has 0 aliphatic rings. The molecule has 6 nitrogen and oxygen atoms in total. The van der Waals surface area contributed by atoms with Crippen LogP contribution in [-0.4, -0.2) is 23.2 Å². The van der Waals surface area contributed by atoms with E-state index in [-0.39, 0.29) is 27.6 Å². The normalized spacial score (nSPS) is 10.8. The maximum absolute atomic E-state index is 12.4. The Morgan fingerprint density at radius 1 is 1.03 bits per heavy atom. The number of phenolic OH excluding ortho intramolecular Hbond substituents is 1. The first-order valence-electron chi connectivity index (χ1n) is 8.43. The van der Waals surface area contributed by atoms with Gasteiger partial charge in [-0.1, -0.05) is 51.3 Å². The van der Waals surface area contributed by atoms with Crippen LogP contribution >= 0.6 is 39.1 Å². The van der Waals surface area contributed by atoms with E-state index >= 15 is 0 Å². The molecule has 0 atom stereocenters. The van der Waals surface area contributed by atoms with Crippen molar-refractivity contribution in [1.29, 1.82) is 0 Å². The number of phenols is 1. The molecule has 0 bridgehead atoms. The number of benzene rings is 3. The number of nitrogens with one attached hydrogen (secondary N) is 1. The van der Waals surface area contributed by atoms with Crippen molar-refractivity contribution in [3.63, 3.8) is 0 Å². The van der Waals surface area contributed by atoms with E-state index in [0.717, 1.165) is 0 Å². The van der Waals surface area contributed by atoms with Gasteiger partial charge in [-0.3, -0.25) is 4.79 Å². The Hall–Kier alpha value is -2.87. The summed E-state index contributed by atoms with van der Waals surface area (Å²) < 4.78 is 6.15. The summed E-state index contributed by atoms with van der Waals surface area (Å²) in [5.74, 6) is -1.31. The molecule has 9 heteroatoms. The number of hydrogen-bond acceptors (Lipinski definition) is 5. The first-order valence-corrected chi connectivity index (χ1v) is 9.98. The van der Waals surface area contributed by atoms with Gasteiger partial charge in [-0.25, -0.2) is 10.2 Å². The average Bonchev–Trinajstić information content (AvgIpc) is 2.71. The summed E-state index contributed by atoms with van der Waals surface area (Å²) in [6.45, 7) is 0. The first-order chi connectivity index (χ1) is 14.3. The van der Waals surface area contributed by atoms with E-state index in [1.807, 2.05) is 0 Å². The van der Waals surface area contributed by atoms with E-state index in [1.54, 1.807) is 42.5 Å². The molecule has 3 aromatic rings. The first kappa shape index (κ1) is 21.8. The Morgan fingerprint density at radius 2 is 1.80 bits per heavy atom. The van der Waals surface area contributed by atoms with Crippen molar-refractivity contribution >= 4 is 57.2 Å². The maximum atomic E-state index is 12.4. The van der Waals surface area contributed by atoms with Crippen LogP contribution in [0.25, 0.3) is 0 Å².